The molecule has 4 aliphatic carbocycles. The normalized spacial score (nSPS) is 52.2. The summed E-state index contributed by atoms with van der Waals surface area (Å²) in [7, 11) is 0. The molecule has 4 nitrogen and oxygen atoms in total. The summed E-state index contributed by atoms with van der Waals surface area (Å²) in [6.45, 7) is 4.44. The van der Waals surface area contributed by atoms with Crippen molar-refractivity contribution in [1.82, 2.24) is 0 Å². The average Bonchev–Trinajstić information content (AvgIpc) is 2.81. The minimum absolute atomic E-state index is 0.0400. The summed E-state index contributed by atoms with van der Waals surface area (Å²) in [5.74, 6) is 1.97. The fraction of sp³-hybridized carbons (Fsp3) is 0.857. The third kappa shape index (κ3) is 2.16. The van der Waals surface area contributed by atoms with Crippen molar-refractivity contribution >= 4 is 5.78 Å². The smallest absolute Gasteiger partial charge is 0.159 e. The highest BCUT2D eigenvalue weighted by Crippen LogP contribution is 2.68. The van der Waals surface area contributed by atoms with Gasteiger partial charge in [0, 0.05) is 24.5 Å². The van der Waals surface area contributed by atoms with Crippen molar-refractivity contribution in [2.45, 2.75) is 70.8 Å². The second-order valence-electron chi connectivity index (χ2n) is 9.63. The Bertz CT molecular complexity index is 613. The molecule has 25 heavy (non-hydrogen) atoms. The lowest BCUT2D eigenvalue weighted by molar-refractivity contribution is -0.152. The van der Waals surface area contributed by atoms with Crippen LogP contribution in [0, 0.1) is 34.5 Å². The van der Waals surface area contributed by atoms with E-state index in [1.807, 2.05) is 0 Å². The van der Waals surface area contributed by atoms with E-state index < -0.39 is 5.60 Å². The molecule has 3 fully saturated rings. The summed E-state index contributed by atoms with van der Waals surface area (Å²) >= 11 is 0. The van der Waals surface area contributed by atoms with Crippen molar-refractivity contribution in [1.29, 1.82) is 0 Å². The van der Waals surface area contributed by atoms with Crippen LogP contribution in [0.15, 0.2) is 11.8 Å². The molecule has 140 valence electrons. The van der Waals surface area contributed by atoms with Gasteiger partial charge in [0.25, 0.3) is 0 Å². The number of aliphatic hydroxyl groups excluding tert-OH is 2. The number of hydrogen-bond donors (Lipinski definition) is 3. The van der Waals surface area contributed by atoms with Crippen LogP contribution in [0.25, 0.3) is 0 Å². The zero-order valence-electron chi connectivity index (χ0n) is 15.5. The lowest BCUT2D eigenvalue weighted by Crippen LogP contribution is -2.57. The quantitative estimate of drug-likeness (QED) is 0.715. The van der Waals surface area contributed by atoms with Crippen molar-refractivity contribution < 1.29 is 20.1 Å². The van der Waals surface area contributed by atoms with E-state index in [-0.39, 0.29) is 29.1 Å². The number of fused-ring (bicyclic) bond motifs is 5. The third-order valence-corrected chi connectivity index (χ3v) is 9.05. The fourth-order valence-corrected chi connectivity index (χ4v) is 7.46. The molecule has 0 bridgehead atoms. The van der Waals surface area contributed by atoms with Gasteiger partial charge in [0.2, 0.25) is 0 Å². The first-order chi connectivity index (χ1) is 11.8. The van der Waals surface area contributed by atoms with Crippen LogP contribution >= 0.6 is 0 Å². The summed E-state index contributed by atoms with van der Waals surface area (Å²) in [6.07, 6.45) is 8.33. The van der Waals surface area contributed by atoms with Gasteiger partial charge in [-0.25, -0.2) is 0 Å². The number of carbonyl (C=O) groups is 1. The second-order valence-corrected chi connectivity index (χ2v) is 9.63. The van der Waals surface area contributed by atoms with E-state index in [4.69, 9.17) is 0 Å². The van der Waals surface area contributed by atoms with Crippen LogP contribution in [-0.4, -0.2) is 33.3 Å². The van der Waals surface area contributed by atoms with Gasteiger partial charge in [0.05, 0.1) is 5.60 Å². The van der Waals surface area contributed by atoms with E-state index in [1.165, 1.54) is 6.08 Å². The Morgan fingerprint density at radius 3 is 2.56 bits per heavy atom. The molecule has 0 radical (unpaired) electrons. The Morgan fingerprint density at radius 2 is 1.84 bits per heavy atom. The van der Waals surface area contributed by atoms with E-state index in [2.05, 4.69) is 13.8 Å². The van der Waals surface area contributed by atoms with E-state index in [0.29, 0.717) is 36.4 Å². The minimum atomic E-state index is -0.754. The first-order valence-electron chi connectivity index (χ1n) is 10.0. The number of hydrogen-bond acceptors (Lipinski definition) is 4. The molecular formula is C21H32O4. The Morgan fingerprint density at radius 1 is 1.12 bits per heavy atom. The monoisotopic (exact) mass is 348 g/mol. The van der Waals surface area contributed by atoms with Gasteiger partial charge < -0.3 is 15.3 Å². The van der Waals surface area contributed by atoms with Crippen molar-refractivity contribution in [3.8, 4) is 0 Å². The Kier molecular flexibility index (Phi) is 3.90. The molecule has 0 aromatic rings. The maximum Gasteiger partial charge on any atom is 0.159 e. The third-order valence-electron chi connectivity index (χ3n) is 9.05. The van der Waals surface area contributed by atoms with Crippen LogP contribution in [0.2, 0.25) is 0 Å². The molecule has 7 atom stereocenters. The van der Waals surface area contributed by atoms with Crippen LogP contribution in [-0.2, 0) is 4.79 Å². The van der Waals surface area contributed by atoms with Gasteiger partial charge in [-0.05, 0) is 74.0 Å². The van der Waals surface area contributed by atoms with Crippen LogP contribution in [0.5, 0.6) is 0 Å². The molecule has 0 heterocycles. The molecule has 0 saturated heterocycles. The number of rotatable bonds is 2. The molecule has 0 aromatic heterocycles. The summed E-state index contributed by atoms with van der Waals surface area (Å²) in [4.78, 5) is 11.9. The maximum absolute atomic E-state index is 11.9. The molecular weight excluding hydrogens is 316 g/mol. The Balaban J connectivity index is 1.68. The van der Waals surface area contributed by atoms with E-state index >= 15 is 0 Å². The Labute approximate surface area is 150 Å². The molecule has 0 aromatic carbocycles. The van der Waals surface area contributed by atoms with Crippen molar-refractivity contribution in [3.05, 3.63) is 11.8 Å². The molecule has 4 heteroatoms. The molecule has 3 N–H and O–H groups in total. The zero-order chi connectivity index (χ0) is 18.0. The van der Waals surface area contributed by atoms with Gasteiger partial charge in [-0.3, -0.25) is 4.79 Å². The highest BCUT2D eigenvalue weighted by Gasteiger charge is 2.65. The molecule has 4 aliphatic rings. The van der Waals surface area contributed by atoms with E-state index in [0.717, 1.165) is 38.5 Å². The van der Waals surface area contributed by atoms with E-state index in [1.54, 1.807) is 0 Å². The maximum atomic E-state index is 11.9. The highest BCUT2D eigenvalue weighted by molar-refractivity contribution is 5.91. The van der Waals surface area contributed by atoms with Crippen LogP contribution < -0.4 is 0 Å². The predicted octanol–water partition coefficient (Wildman–Crippen LogP) is 3.37. The van der Waals surface area contributed by atoms with E-state index in [9.17, 15) is 20.1 Å². The van der Waals surface area contributed by atoms with Gasteiger partial charge in [0.15, 0.2) is 5.78 Å². The van der Waals surface area contributed by atoms with Crippen LogP contribution in [0.4, 0.5) is 0 Å². The SMILES string of the molecule is CC12C(O)=CC(=O)CC1CCC1C2CCC2(C)C1CCC2(O)CCO. The van der Waals surface area contributed by atoms with Crippen LogP contribution in [0.1, 0.15) is 65.2 Å². The standard InChI is InChI=1S/C21H32O4/c1-19-7-5-17-15(16(19)6-8-21(19,25)9-10-22)4-3-13-11-14(23)12-18(24)20(13,17)2/h12-13,15-17,22,24-25H,3-11H2,1-2H3. The van der Waals surface area contributed by atoms with Crippen molar-refractivity contribution in [2.75, 3.05) is 6.61 Å². The van der Waals surface area contributed by atoms with Gasteiger partial charge in [-0.15, -0.1) is 0 Å². The van der Waals surface area contributed by atoms with Gasteiger partial charge >= 0.3 is 0 Å². The summed E-state index contributed by atoms with van der Waals surface area (Å²) in [5.41, 5.74) is -1.17. The predicted molar refractivity (Wildman–Crippen MR) is 94.9 cm³/mol. The van der Waals surface area contributed by atoms with Gasteiger partial charge in [-0.1, -0.05) is 13.8 Å². The minimum Gasteiger partial charge on any atom is -0.512 e. The molecule has 4 rings (SSSR count). The van der Waals surface area contributed by atoms with Gasteiger partial charge in [0.1, 0.15) is 5.76 Å². The summed E-state index contributed by atoms with van der Waals surface area (Å²) < 4.78 is 0. The first kappa shape index (κ1) is 17.5. The average molecular weight is 348 g/mol. The molecule has 3 saturated carbocycles. The lowest BCUT2D eigenvalue weighted by atomic mass is 9.45. The lowest BCUT2D eigenvalue weighted by Gasteiger charge is -2.60. The second kappa shape index (κ2) is 5.56. The fourth-order valence-electron chi connectivity index (χ4n) is 7.46. The zero-order valence-corrected chi connectivity index (χ0v) is 15.5. The topological polar surface area (TPSA) is 77.8 Å². The molecule has 0 spiro atoms. The molecule has 7 unspecified atom stereocenters. The highest BCUT2D eigenvalue weighted by atomic mass is 16.3. The van der Waals surface area contributed by atoms with Crippen LogP contribution in [0.3, 0.4) is 0 Å². The number of ketones is 1. The molecule has 0 amide bonds. The number of carbonyl (C=O) groups excluding carboxylic acids is 1. The number of aliphatic hydroxyl groups is 3. The Hall–Kier alpha value is -0.870. The molecule has 0 aliphatic heterocycles. The summed E-state index contributed by atoms with van der Waals surface area (Å²) in [6, 6.07) is 0. The van der Waals surface area contributed by atoms with Crippen molar-refractivity contribution in [3.63, 3.8) is 0 Å². The van der Waals surface area contributed by atoms with Crippen molar-refractivity contribution in [2.24, 2.45) is 34.5 Å². The summed E-state index contributed by atoms with van der Waals surface area (Å²) in [5, 5.41) is 31.4. The number of allylic oxidation sites excluding steroid dienone is 2. The largest absolute Gasteiger partial charge is 0.512 e. The van der Waals surface area contributed by atoms with Gasteiger partial charge in [-0.2, -0.15) is 0 Å². The first-order valence-corrected chi connectivity index (χ1v) is 10.0.